The first-order chi connectivity index (χ1) is 4.34. The van der Waals surface area contributed by atoms with Crippen molar-refractivity contribution in [2.45, 2.75) is 12.8 Å². The van der Waals surface area contributed by atoms with Gasteiger partial charge in [-0.15, -0.1) is 6.42 Å². The maximum absolute atomic E-state index is 5.09. The van der Waals surface area contributed by atoms with Crippen molar-refractivity contribution in [2.75, 3.05) is 0 Å². The van der Waals surface area contributed by atoms with Crippen LogP contribution in [0.1, 0.15) is 18.7 Å². The van der Waals surface area contributed by atoms with Gasteiger partial charge in [0.15, 0.2) is 5.82 Å². The Bertz CT molecular complexity index is 209. The molecule has 0 bridgehead atoms. The van der Waals surface area contributed by atoms with E-state index >= 15 is 0 Å². The smallest absolute Gasteiger partial charge is 0.213 e. The number of rotatable bonds is 1. The van der Waals surface area contributed by atoms with E-state index in [4.69, 9.17) is 6.42 Å². The van der Waals surface area contributed by atoms with Gasteiger partial charge in [0.05, 0.1) is 5.92 Å². The molecule has 0 aliphatic carbocycles. The quantitative estimate of drug-likeness (QED) is 0.517. The van der Waals surface area contributed by atoms with Gasteiger partial charge in [-0.1, -0.05) is 11.1 Å². The maximum atomic E-state index is 5.09. The van der Waals surface area contributed by atoms with Crippen LogP contribution in [-0.4, -0.2) is 10.1 Å². The van der Waals surface area contributed by atoms with Crippen LogP contribution in [0.2, 0.25) is 0 Å². The first-order valence-corrected chi connectivity index (χ1v) is 2.57. The molecule has 0 aromatic carbocycles. The number of terminal acetylenes is 1. The summed E-state index contributed by atoms with van der Waals surface area (Å²) in [4.78, 5) is 3.77. The number of nitrogens with zero attached hydrogens (tertiary/aromatic N) is 2. The van der Waals surface area contributed by atoms with Crippen LogP contribution in [0.15, 0.2) is 10.9 Å². The molecule has 3 heteroatoms. The van der Waals surface area contributed by atoms with E-state index in [1.54, 1.807) is 0 Å². The summed E-state index contributed by atoms with van der Waals surface area (Å²) < 4.78 is 4.48. The lowest BCUT2D eigenvalue weighted by atomic mass is 10.2. The van der Waals surface area contributed by atoms with Crippen molar-refractivity contribution in [2.24, 2.45) is 0 Å². The summed E-state index contributed by atoms with van der Waals surface area (Å²) in [6.45, 7) is 1.84. The minimum atomic E-state index is -0.0521. The van der Waals surface area contributed by atoms with Gasteiger partial charge < -0.3 is 4.52 Å². The second-order valence-electron chi connectivity index (χ2n) is 1.68. The van der Waals surface area contributed by atoms with E-state index in [1.165, 1.54) is 6.39 Å². The first-order valence-electron chi connectivity index (χ1n) is 2.57. The van der Waals surface area contributed by atoms with Gasteiger partial charge in [-0.3, -0.25) is 0 Å². The fourth-order valence-electron chi connectivity index (χ4n) is 0.444. The van der Waals surface area contributed by atoms with Crippen molar-refractivity contribution >= 4 is 0 Å². The van der Waals surface area contributed by atoms with E-state index in [0.717, 1.165) is 0 Å². The molecule has 9 heavy (non-hydrogen) atoms. The normalized spacial score (nSPS) is 12.4. The molecule has 1 heterocycles. The van der Waals surface area contributed by atoms with Crippen LogP contribution in [0.4, 0.5) is 0 Å². The summed E-state index contributed by atoms with van der Waals surface area (Å²) in [5, 5.41) is 3.56. The van der Waals surface area contributed by atoms with Crippen LogP contribution in [-0.2, 0) is 0 Å². The largest absolute Gasteiger partial charge is 0.343 e. The number of aromatic nitrogens is 2. The Balaban J connectivity index is 2.80. The zero-order valence-electron chi connectivity index (χ0n) is 5.03. The molecule has 0 N–H and O–H groups in total. The molecule has 0 radical (unpaired) electrons. The molecule has 0 saturated heterocycles. The zero-order chi connectivity index (χ0) is 6.69. The van der Waals surface area contributed by atoms with E-state index in [1.807, 2.05) is 6.92 Å². The van der Waals surface area contributed by atoms with Crippen LogP contribution < -0.4 is 0 Å². The Morgan fingerprint density at radius 1 is 1.89 bits per heavy atom. The lowest BCUT2D eigenvalue weighted by Gasteiger charge is -1.90. The number of hydrogen-bond donors (Lipinski definition) is 0. The SMILES string of the molecule is C#C[C@@H](C)c1ncon1. The molecule has 3 nitrogen and oxygen atoms in total. The highest BCUT2D eigenvalue weighted by atomic mass is 16.5. The van der Waals surface area contributed by atoms with Crippen molar-refractivity contribution in [1.29, 1.82) is 0 Å². The summed E-state index contributed by atoms with van der Waals surface area (Å²) in [7, 11) is 0. The summed E-state index contributed by atoms with van der Waals surface area (Å²) in [6.07, 6.45) is 6.36. The van der Waals surface area contributed by atoms with Crippen molar-refractivity contribution in [3.8, 4) is 12.3 Å². The third-order valence-electron chi connectivity index (χ3n) is 1.02. The Hall–Kier alpha value is -1.30. The molecule has 0 fully saturated rings. The van der Waals surface area contributed by atoms with Crippen molar-refractivity contribution in [3.05, 3.63) is 12.2 Å². The Morgan fingerprint density at radius 3 is 3.11 bits per heavy atom. The van der Waals surface area contributed by atoms with E-state index in [9.17, 15) is 0 Å². The molecule has 0 aliphatic heterocycles. The monoisotopic (exact) mass is 122 g/mol. The maximum Gasteiger partial charge on any atom is 0.213 e. The van der Waals surface area contributed by atoms with Gasteiger partial charge in [-0.25, -0.2) is 0 Å². The first kappa shape index (κ1) is 5.83. The lowest BCUT2D eigenvalue weighted by Crippen LogP contribution is -1.90. The zero-order valence-corrected chi connectivity index (χ0v) is 5.03. The second kappa shape index (κ2) is 2.31. The van der Waals surface area contributed by atoms with Gasteiger partial charge in [0.25, 0.3) is 0 Å². The Kier molecular flexibility index (Phi) is 1.50. The molecule has 0 aliphatic rings. The highest BCUT2D eigenvalue weighted by molar-refractivity contribution is 5.07. The number of hydrogen-bond acceptors (Lipinski definition) is 3. The third-order valence-corrected chi connectivity index (χ3v) is 1.02. The highest BCUT2D eigenvalue weighted by Crippen LogP contribution is 2.05. The molecule has 0 amide bonds. The van der Waals surface area contributed by atoms with Crippen LogP contribution in [0, 0.1) is 12.3 Å². The average Bonchev–Trinajstić information content (AvgIpc) is 2.37. The van der Waals surface area contributed by atoms with E-state index in [0.29, 0.717) is 5.82 Å². The van der Waals surface area contributed by atoms with Crippen LogP contribution in [0.25, 0.3) is 0 Å². The molecule has 0 spiro atoms. The molecule has 0 saturated carbocycles. The Morgan fingerprint density at radius 2 is 2.67 bits per heavy atom. The summed E-state index contributed by atoms with van der Waals surface area (Å²) in [5.41, 5.74) is 0. The van der Waals surface area contributed by atoms with Crippen molar-refractivity contribution < 1.29 is 4.52 Å². The summed E-state index contributed by atoms with van der Waals surface area (Å²) in [6, 6.07) is 0. The van der Waals surface area contributed by atoms with Crippen molar-refractivity contribution in [3.63, 3.8) is 0 Å². The molecule has 0 unspecified atom stereocenters. The third kappa shape index (κ3) is 1.08. The molecule has 1 rings (SSSR count). The standard InChI is InChI=1S/C6H6N2O/c1-3-5(2)6-7-4-9-8-6/h1,4-5H,2H3/t5-/m1/s1. The summed E-state index contributed by atoms with van der Waals surface area (Å²) >= 11 is 0. The van der Waals surface area contributed by atoms with Crippen molar-refractivity contribution in [1.82, 2.24) is 10.1 Å². The molecule has 1 atom stereocenters. The second-order valence-corrected chi connectivity index (χ2v) is 1.68. The molecule has 1 aromatic rings. The Labute approximate surface area is 53.1 Å². The van der Waals surface area contributed by atoms with Crippen LogP contribution >= 0.6 is 0 Å². The summed E-state index contributed by atoms with van der Waals surface area (Å²) in [5.74, 6) is 3.00. The minimum Gasteiger partial charge on any atom is -0.343 e. The van der Waals surface area contributed by atoms with Gasteiger partial charge >= 0.3 is 0 Å². The topological polar surface area (TPSA) is 38.9 Å². The van der Waals surface area contributed by atoms with Crippen LogP contribution in [0.3, 0.4) is 0 Å². The van der Waals surface area contributed by atoms with Gasteiger partial charge in [0.2, 0.25) is 6.39 Å². The fourth-order valence-corrected chi connectivity index (χ4v) is 0.444. The highest BCUT2D eigenvalue weighted by Gasteiger charge is 2.04. The molecule has 1 aromatic heterocycles. The minimum absolute atomic E-state index is 0.0521. The predicted octanol–water partition coefficient (Wildman–Crippen LogP) is 0.806. The van der Waals surface area contributed by atoms with E-state index in [-0.39, 0.29) is 5.92 Å². The molecular weight excluding hydrogens is 116 g/mol. The fraction of sp³-hybridized carbons (Fsp3) is 0.333. The average molecular weight is 122 g/mol. The van der Waals surface area contributed by atoms with E-state index < -0.39 is 0 Å². The van der Waals surface area contributed by atoms with Gasteiger partial charge in [-0.05, 0) is 6.92 Å². The van der Waals surface area contributed by atoms with Gasteiger partial charge in [0.1, 0.15) is 0 Å². The molecule has 46 valence electrons. The van der Waals surface area contributed by atoms with E-state index in [2.05, 4.69) is 20.6 Å². The van der Waals surface area contributed by atoms with Gasteiger partial charge in [-0.2, -0.15) is 4.98 Å². The predicted molar refractivity (Wildman–Crippen MR) is 31.5 cm³/mol. The lowest BCUT2D eigenvalue weighted by molar-refractivity contribution is 0.409. The van der Waals surface area contributed by atoms with Gasteiger partial charge in [0, 0.05) is 0 Å². The van der Waals surface area contributed by atoms with Crippen LogP contribution in [0.5, 0.6) is 0 Å². The molecular formula is C6H6N2O.